The van der Waals surface area contributed by atoms with Crippen LogP contribution in [0.4, 0.5) is 29.0 Å². The van der Waals surface area contributed by atoms with Gasteiger partial charge in [0, 0.05) is 88.1 Å². The van der Waals surface area contributed by atoms with Crippen molar-refractivity contribution in [3.8, 4) is 11.5 Å². The lowest BCUT2D eigenvalue weighted by atomic mass is 10.0. The standard InChI is InChI=1S/C36H52N8O6/c1-25(2)43-23-26-22-37-35(40-34(26)44(43)32-21-28(50-24-46-6)20-31(39-32)36(3,4)45)38-27-10-11-29(42-14-12-41(5)13-15-42)30(19-27)47-17-18-49-33-9-7-8-16-48-33/h10-11,19-22,25,33,45H,7-9,12-18,23-24H2,1-6H3,(H,37,38,40). The average Bonchev–Trinajstić information content (AvgIpc) is 3.49. The molecule has 0 bridgehead atoms. The predicted molar refractivity (Wildman–Crippen MR) is 191 cm³/mol. The molecule has 0 aliphatic carbocycles. The summed E-state index contributed by atoms with van der Waals surface area (Å²) in [6.07, 6.45) is 4.82. The number of rotatable bonds is 14. The minimum Gasteiger partial charge on any atom is -0.489 e. The largest absolute Gasteiger partial charge is 0.489 e. The predicted octanol–water partition coefficient (Wildman–Crippen LogP) is 4.78. The summed E-state index contributed by atoms with van der Waals surface area (Å²) in [5.74, 6) is 3.01. The smallest absolute Gasteiger partial charge is 0.229 e. The fourth-order valence-electron chi connectivity index (χ4n) is 6.22. The summed E-state index contributed by atoms with van der Waals surface area (Å²) in [6.45, 7) is 13.7. The van der Waals surface area contributed by atoms with Crippen molar-refractivity contribution < 1.29 is 28.8 Å². The number of ether oxygens (including phenoxy) is 5. The van der Waals surface area contributed by atoms with Gasteiger partial charge in [0.05, 0.1) is 18.0 Å². The van der Waals surface area contributed by atoms with Crippen LogP contribution in [0.1, 0.15) is 58.2 Å². The second-order valence-corrected chi connectivity index (χ2v) is 13.8. The Labute approximate surface area is 295 Å². The van der Waals surface area contributed by atoms with Gasteiger partial charge in [-0.1, -0.05) is 0 Å². The number of fused-ring (bicyclic) bond motifs is 1. The third kappa shape index (κ3) is 8.74. The summed E-state index contributed by atoms with van der Waals surface area (Å²) < 4.78 is 29.0. The molecule has 14 heteroatoms. The fourth-order valence-corrected chi connectivity index (χ4v) is 6.22. The summed E-state index contributed by atoms with van der Waals surface area (Å²) >= 11 is 0. The molecule has 1 aromatic carbocycles. The van der Waals surface area contributed by atoms with Gasteiger partial charge >= 0.3 is 0 Å². The number of nitrogens with zero attached hydrogens (tertiary/aromatic N) is 7. The number of piperazine rings is 1. The monoisotopic (exact) mass is 692 g/mol. The van der Waals surface area contributed by atoms with Gasteiger partial charge in [-0.05, 0) is 66.1 Å². The highest BCUT2D eigenvalue weighted by Gasteiger charge is 2.35. The number of likely N-dealkylation sites (N-methyl/N-ethyl adjacent to an activating group) is 1. The van der Waals surface area contributed by atoms with E-state index in [0.29, 0.717) is 48.8 Å². The Hall–Kier alpha value is -3.79. The Morgan fingerprint density at radius 1 is 1.04 bits per heavy atom. The van der Waals surface area contributed by atoms with Crippen LogP contribution in [0.5, 0.6) is 11.5 Å². The first kappa shape index (κ1) is 36.0. The van der Waals surface area contributed by atoms with Gasteiger partial charge in [0.15, 0.2) is 24.7 Å². The molecule has 2 N–H and O–H groups in total. The lowest BCUT2D eigenvalue weighted by Gasteiger charge is -2.35. The van der Waals surface area contributed by atoms with E-state index in [1.807, 2.05) is 29.4 Å². The van der Waals surface area contributed by atoms with E-state index in [1.54, 1.807) is 27.0 Å². The van der Waals surface area contributed by atoms with Crippen LogP contribution in [0.2, 0.25) is 0 Å². The Bertz CT molecular complexity index is 1570. The van der Waals surface area contributed by atoms with Crippen molar-refractivity contribution in [1.29, 1.82) is 0 Å². The Morgan fingerprint density at radius 2 is 1.86 bits per heavy atom. The SMILES string of the molecule is COCOc1cc(N2c3nc(Nc4ccc(N5CCN(C)CC5)c(OCCOC5CCCCO5)c4)ncc3CN2C(C)C)nc(C(C)(C)O)c1. The molecule has 0 spiro atoms. The summed E-state index contributed by atoms with van der Waals surface area (Å²) in [6, 6.07) is 9.82. The van der Waals surface area contributed by atoms with E-state index in [2.05, 4.69) is 47.1 Å². The van der Waals surface area contributed by atoms with Crippen LogP contribution in [-0.4, -0.2) is 109 Å². The zero-order valence-corrected chi connectivity index (χ0v) is 30.2. The van der Waals surface area contributed by atoms with Crippen molar-refractivity contribution in [3.05, 3.63) is 47.8 Å². The highest BCUT2D eigenvalue weighted by Crippen LogP contribution is 2.40. The van der Waals surface area contributed by atoms with E-state index in [-0.39, 0.29) is 19.1 Å². The lowest BCUT2D eigenvalue weighted by Crippen LogP contribution is -2.44. The van der Waals surface area contributed by atoms with Gasteiger partial charge in [-0.25, -0.2) is 20.0 Å². The fraction of sp³-hybridized carbons (Fsp3) is 0.583. The van der Waals surface area contributed by atoms with Crippen molar-refractivity contribution in [3.63, 3.8) is 0 Å². The maximum Gasteiger partial charge on any atom is 0.229 e. The number of aromatic nitrogens is 3. The molecule has 0 saturated carbocycles. The summed E-state index contributed by atoms with van der Waals surface area (Å²) in [4.78, 5) is 19.3. The number of benzene rings is 1. The van der Waals surface area contributed by atoms with Gasteiger partial charge < -0.3 is 43.9 Å². The van der Waals surface area contributed by atoms with Gasteiger partial charge in [0.2, 0.25) is 5.95 Å². The van der Waals surface area contributed by atoms with Crippen molar-refractivity contribution >= 4 is 29.0 Å². The molecule has 0 amide bonds. The molecule has 0 radical (unpaired) electrons. The van der Waals surface area contributed by atoms with E-state index in [4.69, 9.17) is 38.6 Å². The number of aliphatic hydroxyl groups is 1. The number of hydrogen-bond acceptors (Lipinski definition) is 14. The van der Waals surface area contributed by atoms with Gasteiger partial charge in [-0.15, -0.1) is 0 Å². The van der Waals surface area contributed by atoms with E-state index in [0.717, 1.165) is 74.7 Å². The van der Waals surface area contributed by atoms with E-state index in [9.17, 15) is 5.11 Å². The van der Waals surface area contributed by atoms with Crippen LogP contribution < -0.4 is 24.7 Å². The minimum absolute atomic E-state index is 0.0662. The highest BCUT2D eigenvalue weighted by atomic mass is 16.7. The van der Waals surface area contributed by atoms with Crippen LogP contribution in [0.3, 0.4) is 0 Å². The van der Waals surface area contributed by atoms with Crippen molar-refractivity contribution in [1.82, 2.24) is 24.9 Å². The molecule has 3 aliphatic rings. The number of methoxy groups -OCH3 is 1. The third-order valence-electron chi connectivity index (χ3n) is 9.04. The molecule has 5 heterocycles. The molecule has 3 aromatic rings. The average molecular weight is 693 g/mol. The normalized spacial score (nSPS) is 18.8. The zero-order valence-electron chi connectivity index (χ0n) is 30.2. The van der Waals surface area contributed by atoms with Gasteiger partial charge in [-0.3, -0.25) is 0 Å². The molecule has 2 saturated heterocycles. The second kappa shape index (κ2) is 16.0. The van der Waals surface area contributed by atoms with Crippen molar-refractivity contribution in [2.75, 3.05) is 82.2 Å². The highest BCUT2D eigenvalue weighted by molar-refractivity contribution is 5.69. The number of pyridine rings is 1. The molecular formula is C36H52N8O6. The van der Waals surface area contributed by atoms with Crippen LogP contribution in [0.25, 0.3) is 0 Å². The molecule has 2 fully saturated rings. The molecule has 50 heavy (non-hydrogen) atoms. The second-order valence-electron chi connectivity index (χ2n) is 13.8. The van der Waals surface area contributed by atoms with Crippen molar-refractivity contribution in [2.24, 2.45) is 0 Å². The number of hydrazine groups is 1. The molecule has 272 valence electrons. The third-order valence-corrected chi connectivity index (χ3v) is 9.04. The molecule has 6 rings (SSSR count). The zero-order chi connectivity index (χ0) is 35.3. The maximum absolute atomic E-state index is 10.9. The van der Waals surface area contributed by atoms with Crippen LogP contribution in [0, 0.1) is 0 Å². The number of hydrogen-bond donors (Lipinski definition) is 2. The Balaban J connectivity index is 1.26. The Kier molecular flexibility index (Phi) is 11.6. The summed E-state index contributed by atoms with van der Waals surface area (Å²) in [7, 11) is 3.72. The lowest BCUT2D eigenvalue weighted by molar-refractivity contribution is -0.165. The molecule has 14 nitrogen and oxygen atoms in total. The molecule has 2 aromatic heterocycles. The quantitative estimate of drug-likeness (QED) is 0.178. The molecular weight excluding hydrogens is 640 g/mol. The number of nitrogens with one attached hydrogen (secondary N) is 1. The topological polar surface area (TPSA) is 130 Å². The van der Waals surface area contributed by atoms with E-state index >= 15 is 0 Å². The first-order chi connectivity index (χ1) is 24.1. The number of anilines is 5. The summed E-state index contributed by atoms with van der Waals surface area (Å²) in [5.41, 5.74) is 2.08. The van der Waals surface area contributed by atoms with Crippen LogP contribution in [-0.2, 0) is 26.4 Å². The summed E-state index contributed by atoms with van der Waals surface area (Å²) in [5, 5.41) is 18.5. The minimum atomic E-state index is -1.20. The van der Waals surface area contributed by atoms with E-state index in [1.165, 1.54) is 0 Å². The molecule has 1 atom stereocenters. The van der Waals surface area contributed by atoms with Crippen LogP contribution >= 0.6 is 0 Å². The van der Waals surface area contributed by atoms with Gasteiger partial charge in [0.1, 0.15) is 23.7 Å². The van der Waals surface area contributed by atoms with E-state index < -0.39 is 5.60 Å². The van der Waals surface area contributed by atoms with Crippen LogP contribution in [0.15, 0.2) is 36.5 Å². The first-order valence-corrected chi connectivity index (χ1v) is 17.6. The van der Waals surface area contributed by atoms with Gasteiger partial charge in [0.25, 0.3) is 0 Å². The molecule has 3 aliphatic heterocycles. The molecule has 1 unspecified atom stereocenters. The Morgan fingerprint density at radius 3 is 2.58 bits per heavy atom. The maximum atomic E-state index is 10.9. The van der Waals surface area contributed by atoms with Crippen molar-refractivity contribution in [2.45, 2.75) is 71.4 Å². The van der Waals surface area contributed by atoms with Gasteiger partial charge in [-0.2, -0.15) is 4.98 Å². The first-order valence-electron chi connectivity index (χ1n) is 17.6.